The van der Waals surface area contributed by atoms with Crippen molar-refractivity contribution in [2.75, 3.05) is 6.61 Å². The maximum Gasteiger partial charge on any atom is 0.338 e. The molecule has 0 unspecified atom stereocenters. The van der Waals surface area contributed by atoms with Gasteiger partial charge in [-0.25, -0.2) is 14.4 Å². The molecular formula is C42H44O13. The summed E-state index contributed by atoms with van der Waals surface area (Å²) in [5.41, 5.74) is -4.74. The second-order valence-corrected chi connectivity index (χ2v) is 14.8. The molecule has 0 aromatic heterocycles. The van der Waals surface area contributed by atoms with E-state index in [0.717, 1.165) is 6.92 Å². The van der Waals surface area contributed by atoms with Gasteiger partial charge < -0.3 is 33.2 Å². The lowest BCUT2D eigenvalue weighted by Crippen LogP contribution is -2.81. The highest BCUT2D eigenvalue weighted by Gasteiger charge is 2.86. The van der Waals surface area contributed by atoms with E-state index < -0.39 is 101 Å². The van der Waals surface area contributed by atoms with Gasteiger partial charge in [0.15, 0.2) is 12.2 Å². The van der Waals surface area contributed by atoms with Gasteiger partial charge in [-0.1, -0.05) is 61.5 Å². The van der Waals surface area contributed by atoms with Crippen LogP contribution in [-0.2, 0) is 47.5 Å². The molecule has 55 heavy (non-hydrogen) atoms. The van der Waals surface area contributed by atoms with E-state index in [0.29, 0.717) is 0 Å². The van der Waals surface area contributed by atoms with Gasteiger partial charge in [-0.05, 0) is 62.6 Å². The average Bonchev–Trinajstić information content (AvgIpc) is 3.34. The van der Waals surface area contributed by atoms with Crippen molar-refractivity contribution in [3.63, 3.8) is 0 Å². The number of benzene rings is 3. The van der Waals surface area contributed by atoms with Gasteiger partial charge in [0.25, 0.3) is 0 Å². The van der Waals surface area contributed by atoms with Crippen LogP contribution in [0.2, 0.25) is 0 Å². The summed E-state index contributed by atoms with van der Waals surface area (Å²) >= 11 is 0. The molecule has 2 bridgehead atoms. The zero-order valence-electron chi connectivity index (χ0n) is 31.4. The normalized spacial score (nSPS) is 30.1. The number of rotatable bonds is 10. The molecule has 3 aromatic carbocycles. The number of ether oxygens (including phenoxy) is 7. The first kappa shape index (κ1) is 39.1. The summed E-state index contributed by atoms with van der Waals surface area (Å²) in [6.45, 7) is 8.05. The van der Waals surface area contributed by atoms with Gasteiger partial charge in [-0.3, -0.25) is 14.4 Å². The molecule has 0 radical (unpaired) electrons. The predicted molar refractivity (Wildman–Crippen MR) is 192 cm³/mol. The van der Waals surface area contributed by atoms with Gasteiger partial charge in [-0.2, -0.15) is 0 Å². The Kier molecular flexibility index (Phi) is 10.9. The summed E-state index contributed by atoms with van der Waals surface area (Å²) in [4.78, 5) is 81.4. The van der Waals surface area contributed by atoms with Crippen LogP contribution in [0.4, 0.5) is 0 Å². The van der Waals surface area contributed by atoms with Crippen LogP contribution >= 0.6 is 0 Å². The van der Waals surface area contributed by atoms with Gasteiger partial charge in [0, 0.05) is 20.8 Å². The highest BCUT2D eigenvalue weighted by molar-refractivity contribution is 5.91. The van der Waals surface area contributed by atoms with Crippen molar-refractivity contribution in [2.45, 2.75) is 89.7 Å². The number of carbonyl (C=O) groups is 6. The summed E-state index contributed by atoms with van der Waals surface area (Å²) in [5.74, 6) is -6.48. The Morgan fingerprint density at radius 3 is 1.55 bits per heavy atom. The zero-order chi connectivity index (χ0) is 39.7. The average molecular weight is 757 g/mol. The van der Waals surface area contributed by atoms with E-state index in [9.17, 15) is 28.8 Å². The van der Waals surface area contributed by atoms with Crippen LogP contribution in [-0.4, -0.2) is 84.1 Å². The SMILES string of the molecule is CC(=O)O[C@H]1C[C@@H](C)[C@]23OC(C)(C)[C@H]([C@H](OC(=O)c4ccccc4)[C@H](OC(=O)c4ccccc4)[C@]2(COC(=O)c2ccccc2)[C@H]1OC(C)=O)[C@H]3OC(C)=O. The number of hydrogen-bond donors (Lipinski definition) is 0. The van der Waals surface area contributed by atoms with Crippen LogP contribution in [0.15, 0.2) is 91.0 Å². The summed E-state index contributed by atoms with van der Waals surface area (Å²) in [6.07, 6.45) is -7.25. The van der Waals surface area contributed by atoms with Gasteiger partial charge in [0.05, 0.1) is 28.2 Å². The summed E-state index contributed by atoms with van der Waals surface area (Å²) in [5, 5.41) is 0. The fourth-order valence-corrected chi connectivity index (χ4v) is 9.00. The van der Waals surface area contributed by atoms with E-state index in [4.69, 9.17) is 33.2 Å². The van der Waals surface area contributed by atoms with E-state index in [2.05, 4.69) is 0 Å². The summed E-state index contributed by atoms with van der Waals surface area (Å²) < 4.78 is 44.4. The quantitative estimate of drug-likeness (QED) is 0.194. The van der Waals surface area contributed by atoms with E-state index >= 15 is 0 Å². The Labute approximate surface area is 318 Å². The smallest absolute Gasteiger partial charge is 0.338 e. The van der Waals surface area contributed by atoms with Gasteiger partial charge >= 0.3 is 35.8 Å². The molecule has 290 valence electrons. The van der Waals surface area contributed by atoms with Gasteiger partial charge in [-0.15, -0.1) is 0 Å². The van der Waals surface area contributed by atoms with E-state index in [1.165, 1.54) is 38.1 Å². The van der Waals surface area contributed by atoms with Crippen molar-refractivity contribution in [3.8, 4) is 0 Å². The molecule has 0 amide bonds. The van der Waals surface area contributed by atoms with Crippen LogP contribution in [0.25, 0.3) is 0 Å². The highest BCUT2D eigenvalue weighted by atomic mass is 16.6. The first-order valence-corrected chi connectivity index (χ1v) is 18.1. The largest absolute Gasteiger partial charge is 0.461 e. The number of fused-ring (bicyclic) bond motifs is 1. The van der Waals surface area contributed by atoms with Crippen molar-refractivity contribution in [1.29, 1.82) is 0 Å². The lowest BCUT2D eigenvalue weighted by molar-refractivity contribution is -0.327. The first-order valence-electron chi connectivity index (χ1n) is 18.1. The zero-order valence-corrected chi connectivity index (χ0v) is 31.4. The molecule has 3 fully saturated rings. The summed E-state index contributed by atoms with van der Waals surface area (Å²) in [7, 11) is 0. The van der Waals surface area contributed by atoms with Crippen LogP contribution in [0, 0.1) is 17.3 Å². The Bertz CT molecular complexity index is 1930. The lowest BCUT2D eigenvalue weighted by atomic mass is 9.47. The molecule has 2 aliphatic carbocycles. The maximum absolute atomic E-state index is 14.3. The number of hydrogen-bond acceptors (Lipinski definition) is 13. The second kappa shape index (κ2) is 15.3. The summed E-state index contributed by atoms with van der Waals surface area (Å²) in [6, 6.07) is 24.2. The molecule has 1 heterocycles. The van der Waals surface area contributed by atoms with Crippen molar-refractivity contribution >= 4 is 35.8 Å². The van der Waals surface area contributed by atoms with Crippen molar-refractivity contribution in [3.05, 3.63) is 108 Å². The van der Waals surface area contributed by atoms with Crippen molar-refractivity contribution in [1.82, 2.24) is 0 Å². The van der Waals surface area contributed by atoms with Crippen LogP contribution in [0.1, 0.15) is 79.0 Å². The monoisotopic (exact) mass is 756 g/mol. The molecule has 13 nitrogen and oxygen atoms in total. The molecule has 3 aliphatic rings. The molecule has 1 spiro atoms. The molecular weight excluding hydrogens is 712 g/mol. The fourth-order valence-electron chi connectivity index (χ4n) is 9.00. The van der Waals surface area contributed by atoms with E-state index in [1.807, 2.05) is 0 Å². The van der Waals surface area contributed by atoms with Crippen LogP contribution in [0.5, 0.6) is 0 Å². The minimum absolute atomic E-state index is 0.0142. The third kappa shape index (κ3) is 7.08. The Morgan fingerprint density at radius 2 is 1.05 bits per heavy atom. The predicted octanol–water partition coefficient (Wildman–Crippen LogP) is 5.29. The van der Waals surface area contributed by atoms with Gasteiger partial charge in [0.1, 0.15) is 35.9 Å². The fraction of sp³-hybridized carbons (Fsp3) is 0.429. The molecule has 13 heteroatoms. The Morgan fingerprint density at radius 1 is 0.600 bits per heavy atom. The minimum Gasteiger partial charge on any atom is -0.461 e. The third-order valence-electron chi connectivity index (χ3n) is 10.9. The third-order valence-corrected chi connectivity index (χ3v) is 10.9. The number of esters is 6. The lowest BCUT2D eigenvalue weighted by Gasteiger charge is -2.64. The van der Waals surface area contributed by atoms with E-state index in [1.54, 1.807) is 87.5 Å². The van der Waals surface area contributed by atoms with E-state index in [-0.39, 0.29) is 23.1 Å². The Hall–Kier alpha value is -5.56. The molecule has 6 rings (SSSR count). The van der Waals surface area contributed by atoms with Gasteiger partial charge in [0.2, 0.25) is 0 Å². The van der Waals surface area contributed by atoms with Crippen molar-refractivity contribution < 1.29 is 61.9 Å². The topological polar surface area (TPSA) is 167 Å². The molecule has 2 saturated carbocycles. The van der Waals surface area contributed by atoms with Crippen LogP contribution < -0.4 is 0 Å². The second-order valence-electron chi connectivity index (χ2n) is 14.8. The standard InChI is InChI=1S/C42H44O13/c1-24-22-31(50-25(2)43)34(51-26(3)44)41(23-49-37(46)28-16-10-7-11-17-28)36(54-39(48)30-20-14-9-15-21-30)33(53-38(47)29-18-12-8-13-19-29)32-35(52-27(4)45)42(24,41)55-40(32,5)6/h7-21,24,31-36H,22-23H2,1-6H3/t24-,31+,32-,33+,34+,35-,36+,41+,42-/m1/s1. The maximum atomic E-state index is 14.3. The molecule has 3 aromatic rings. The molecule has 0 N–H and O–H groups in total. The molecule has 1 aliphatic heterocycles. The van der Waals surface area contributed by atoms with Crippen molar-refractivity contribution in [2.24, 2.45) is 17.3 Å². The Balaban J connectivity index is 1.67. The molecule has 9 atom stereocenters. The number of carbonyl (C=O) groups excluding carboxylic acids is 6. The van der Waals surface area contributed by atoms with Crippen LogP contribution in [0.3, 0.4) is 0 Å². The molecule has 1 saturated heterocycles. The minimum atomic E-state index is -2.09. The highest BCUT2D eigenvalue weighted by Crippen LogP contribution is 2.68. The first-order chi connectivity index (χ1) is 26.1.